The standard InChI is InChI=1S/C21H42N2/c1-5-7-15-13-17(9-11-19(15)22)21(3,4)18-10-12-20(23)16(14-18)8-6-2/h15-20H,5-14,22-23H2,1-4H3. The Morgan fingerprint density at radius 1 is 0.739 bits per heavy atom. The summed E-state index contributed by atoms with van der Waals surface area (Å²) in [6.45, 7) is 9.72. The second-order valence-electron chi connectivity index (χ2n) is 9.27. The average Bonchev–Trinajstić information content (AvgIpc) is 2.51. The van der Waals surface area contributed by atoms with E-state index in [0.717, 1.165) is 23.7 Å². The fourth-order valence-electron chi connectivity index (χ4n) is 5.67. The van der Waals surface area contributed by atoms with Crippen LogP contribution in [0.2, 0.25) is 0 Å². The molecule has 2 aliphatic rings. The van der Waals surface area contributed by atoms with Crippen LogP contribution in [0.1, 0.15) is 91.9 Å². The fraction of sp³-hybridized carbons (Fsp3) is 1.00. The van der Waals surface area contributed by atoms with Gasteiger partial charge in [0.2, 0.25) is 0 Å². The van der Waals surface area contributed by atoms with E-state index >= 15 is 0 Å². The molecular formula is C21H42N2. The van der Waals surface area contributed by atoms with Gasteiger partial charge in [0.1, 0.15) is 0 Å². The molecule has 0 saturated heterocycles. The Labute approximate surface area is 145 Å². The van der Waals surface area contributed by atoms with Gasteiger partial charge in [-0.05, 0) is 80.5 Å². The predicted molar refractivity (Wildman–Crippen MR) is 101 cm³/mol. The summed E-state index contributed by atoms with van der Waals surface area (Å²) in [4.78, 5) is 0. The molecule has 0 aromatic rings. The Balaban J connectivity index is 2.02. The molecule has 23 heavy (non-hydrogen) atoms. The highest BCUT2D eigenvalue weighted by Gasteiger charge is 2.43. The van der Waals surface area contributed by atoms with E-state index in [1.165, 1.54) is 64.2 Å². The van der Waals surface area contributed by atoms with E-state index in [9.17, 15) is 0 Å². The maximum atomic E-state index is 6.41. The number of nitrogens with two attached hydrogens (primary N) is 2. The lowest BCUT2D eigenvalue weighted by Gasteiger charge is -2.49. The van der Waals surface area contributed by atoms with E-state index in [0.29, 0.717) is 17.5 Å². The first kappa shape index (κ1) is 19.2. The van der Waals surface area contributed by atoms with Gasteiger partial charge in [0, 0.05) is 12.1 Å². The van der Waals surface area contributed by atoms with E-state index in [-0.39, 0.29) is 0 Å². The molecule has 0 amide bonds. The van der Waals surface area contributed by atoms with Gasteiger partial charge in [-0.1, -0.05) is 40.5 Å². The van der Waals surface area contributed by atoms with Crippen LogP contribution >= 0.6 is 0 Å². The summed E-state index contributed by atoms with van der Waals surface area (Å²) in [5, 5.41) is 0. The number of rotatable bonds is 6. The molecule has 0 bridgehead atoms. The van der Waals surface area contributed by atoms with E-state index in [1.54, 1.807) is 0 Å². The van der Waals surface area contributed by atoms with Crippen LogP contribution in [-0.4, -0.2) is 12.1 Å². The maximum Gasteiger partial charge on any atom is 0.00673 e. The summed E-state index contributed by atoms with van der Waals surface area (Å²) >= 11 is 0. The van der Waals surface area contributed by atoms with Crippen LogP contribution in [0.3, 0.4) is 0 Å². The second kappa shape index (κ2) is 8.34. The molecule has 0 radical (unpaired) electrons. The van der Waals surface area contributed by atoms with Crippen LogP contribution in [-0.2, 0) is 0 Å². The van der Waals surface area contributed by atoms with Gasteiger partial charge in [0.15, 0.2) is 0 Å². The zero-order valence-corrected chi connectivity index (χ0v) is 16.2. The van der Waals surface area contributed by atoms with Gasteiger partial charge < -0.3 is 11.5 Å². The first-order chi connectivity index (χ1) is 10.9. The topological polar surface area (TPSA) is 52.0 Å². The van der Waals surface area contributed by atoms with Crippen LogP contribution in [0.25, 0.3) is 0 Å². The van der Waals surface area contributed by atoms with Crippen molar-refractivity contribution in [1.29, 1.82) is 0 Å². The molecule has 2 aliphatic carbocycles. The van der Waals surface area contributed by atoms with Gasteiger partial charge in [-0.3, -0.25) is 0 Å². The summed E-state index contributed by atoms with van der Waals surface area (Å²) in [5.41, 5.74) is 13.3. The molecule has 2 heteroatoms. The molecule has 6 atom stereocenters. The molecular weight excluding hydrogens is 280 g/mol. The van der Waals surface area contributed by atoms with Crippen molar-refractivity contribution in [3.05, 3.63) is 0 Å². The Hall–Kier alpha value is -0.0800. The van der Waals surface area contributed by atoms with Crippen molar-refractivity contribution in [1.82, 2.24) is 0 Å². The molecule has 136 valence electrons. The van der Waals surface area contributed by atoms with Crippen molar-refractivity contribution in [2.45, 2.75) is 104 Å². The summed E-state index contributed by atoms with van der Waals surface area (Å²) in [7, 11) is 0. The fourth-order valence-corrected chi connectivity index (χ4v) is 5.67. The normalized spacial score (nSPS) is 39.4. The highest BCUT2D eigenvalue weighted by atomic mass is 14.7. The minimum Gasteiger partial charge on any atom is -0.327 e. The van der Waals surface area contributed by atoms with Crippen molar-refractivity contribution in [2.75, 3.05) is 0 Å². The minimum atomic E-state index is 0.453. The summed E-state index contributed by atoms with van der Waals surface area (Å²) in [6, 6.07) is 0.907. The Bertz CT molecular complexity index is 320. The van der Waals surface area contributed by atoms with Crippen molar-refractivity contribution in [2.24, 2.45) is 40.6 Å². The minimum absolute atomic E-state index is 0.453. The summed E-state index contributed by atoms with van der Waals surface area (Å²) in [6.07, 6.45) is 13.1. The smallest absolute Gasteiger partial charge is 0.00673 e. The second-order valence-corrected chi connectivity index (χ2v) is 9.27. The highest BCUT2D eigenvalue weighted by Crippen LogP contribution is 2.50. The largest absolute Gasteiger partial charge is 0.327 e. The van der Waals surface area contributed by atoms with Gasteiger partial charge in [0.05, 0.1) is 0 Å². The Morgan fingerprint density at radius 2 is 1.13 bits per heavy atom. The zero-order chi connectivity index (χ0) is 17.0. The molecule has 6 unspecified atom stereocenters. The molecule has 2 saturated carbocycles. The monoisotopic (exact) mass is 322 g/mol. The molecule has 0 aromatic carbocycles. The molecule has 0 spiro atoms. The van der Waals surface area contributed by atoms with Gasteiger partial charge in [0.25, 0.3) is 0 Å². The summed E-state index contributed by atoms with van der Waals surface area (Å²) < 4.78 is 0. The third-order valence-corrected chi connectivity index (χ3v) is 7.51. The van der Waals surface area contributed by atoms with Gasteiger partial charge in [-0.15, -0.1) is 0 Å². The molecule has 2 fully saturated rings. The van der Waals surface area contributed by atoms with Crippen LogP contribution in [0, 0.1) is 29.1 Å². The highest BCUT2D eigenvalue weighted by molar-refractivity contribution is 4.95. The Kier molecular flexibility index (Phi) is 6.98. The SMILES string of the molecule is CCCC1CC(C(C)(C)C2CCC(N)C(CCC)C2)CCC1N. The third kappa shape index (κ3) is 4.51. The van der Waals surface area contributed by atoms with Crippen LogP contribution in [0.5, 0.6) is 0 Å². The van der Waals surface area contributed by atoms with Gasteiger partial charge >= 0.3 is 0 Å². The maximum absolute atomic E-state index is 6.41. The zero-order valence-electron chi connectivity index (χ0n) is 16.2. The number of hydrogen-bond acceptors (Lipinski definition) is 2. The van der Waals surface area contributed by atoms with Crippen molar-refractivity contribution in [3.63, 3.8) is 0 Å². The van der Waals surface area contributed by atoms with E-state index in [1.807, 2.05) is 0 Å². The van der Waals surface area contributed by atoms with Crippen molar-refractivity contribution >= 4 is 0 Å². The lowest BCUT2D eigenvalue weighted by atomic mass is 9.57. The molecule has 2 nitrogen and oxygen atoms in total. The van der Waals surface area contributed by atoms with Crippen LogP contribution < -0.4 is 11.5 Å². The molecule has 2 rings (SSSR count). The van der Waals surface area contributed by atoms with Gasteiger partial charge in [-0.25, -0.2) is 0 Å². The molecule has 4 N–H and O–H groups in total. The number of hydrogen-bond donors (Lipinski definition) is 2. The lowest BCUT2D eigenvalue weighted by Crippen LogP contribution is -2.46. The van der Waals surface area contributed by atoms with E-state index in [4.69, 9.17) is 11.5 Å². The third-order valence-electron chi connectivity index (χ3n) is 7.51. The predicted octanol–water partition coefficient (Wildman–Crippen LogP) is 5.10. The van der Waals surface area contributed by atoms with E-state index in [2.05, 4.69) is 27.7 Å². The quantitative estimate of drug-likeness (QED) is 0.714. The van der Waals surface area contributed by atoms with Gasteiger partial charge in [-0.2, -0.15) is 0 Å². The Morgan fingerprint density at radius 3 is 1.48 bits per heavy atom. The molecule has 0 aliphatic heterocycles. The van der Waals surface area contributed by atoms with Crippen LogP contribution in [0.15, 0.2) is 0 Å². The average molecular weight is 323 g/mol. The van der Waals surface area contributed by atoms with Crippen molar-refractivity contribution < 1.29 is 0 Å². The van der Waals surface area contributed by atoms with E-state index < -0.39 is 0 Å². The first-order valence-corrected chi connectivity index (χ1v) is 10.4. The molecule has 0 aromatic heterocycles. The summed E-state index contributed by atoms with van der Waals surface area (Å²) in [5.74, 6) is 3.24. The van der Waals surface area contributed by atoms with Crippen molar-refractivity contribution in [3.8, 4) is 0 Å². The first-order valence-electron chi connectivity index (χ1n) is 10.4. The molecule has 0 heterocycles. The lowest BCUT2D eigenvalue weighted by molar-refractivity contribution is 0.0184. The van der Waals surface area contributed by atoms with Crippen LogP contribution in [0.4, 0.5) is 0 Å².